The SMILES string of the molecule is CCC(=O)CCCC(=O)N1CCCC1C(=O)NCCSCC(=O)NC(=O)O[C@@H]1CC[C@]2(CO2)[C@@H](C2(C)O[C@@H]2CC=C(C)C)[C@@H]1OC. The molecule has 4 aliphatic rings. The summed E-state index contributed by atoms with van der Waals surface area (Å²) < 4.78 is 23.8. The Hall–Kier alpha value is -2.48. The van der Waals surface area contributed by atoms with Gasteiger partial charge in [-0.15, -0.1) is 0 Å². The molecule has 46 heavy (non-hydrogen) atoms. The molecule has 12 nitrogen and oxygen atoms in total. The molecular formula is C33H51N3O9S. The Kier molecular flexibility index (Phi) is 12.7. The molecule has 2 N–H and O–H groups in total. The molecule has 7 atom stereocenters. The number of epoxide rings is 2. The summed E-state index contributed by atoms with van der Waals surface area (Å²) in [5, 5.41) is 5.16. The highest BCUT2D eigenvalue weighted by atomic mass is 32.2. The molecule has 4 rings (SSSR count). The molecule has 0 radical (unpaired) electrons. The normalized spacial score (nSPS) is 31.2. The zero-order valence-corrected chi connectivity index (χ0v) is 28.7. The Morgan fingerprint density at radius 1 is 1.13 bits per heavy atom. The van der Waals surface area contributed by atoms with Crippen LogP contribution in [-0.4, -0.2) is 108 Å². The molecule has 4 fully saturated rings. The number of methoxy groups -OCH3 is 1. The molecule has 258 valence electrons. The summed E-state index contributed by atoms with van der Waals surface area (Å²) in [6.07, 6.45) is 5.43. The van der Waals surface area contributed by atoms with Gasteiger partial charge in [-0.1, -0.05) is 18.6 Å². The first-order valence-electron chi connectivity index (χ1n) is 16.6. The Bertz CT molecular complexity index is 1170. The Labute approximate surface area is 276 Å². The number of Topliss-reactive ketones (excluding diaryl/α,β-unsaturated/α-hetero) is 1. The second-order valence-electron chi connectivity index (χ2n) is 13.2. The van der Waals surface area contributed by atoms with E-state index in [1.54, 1.807) is 18.9 Å². The van der Waals surface area contributed by atoms with Gasteiger partial charge in [-0.05, 0) is 59.3 Å². The molecule has 13 heteroatoms. The molecule has 3 aliphatic heterocycles. The van der Waals surface area contributed by atoms with Crippen LogP contribution in [0, 0.1) is 5.92 Å². The van der Waals surface area contributed by atoms with Crippen molar-refractivity contribution in [3.05, 3.63) is 11.6 Å². The summed E-state index contributed by atoms with van der Waals surface area (Å²) in [7, 11) is 1.60. The van der Waals surface area contributed by atoms with Crippen molar-refractivity contribution in [1.29, 1.82) is 0 Å². The molecule has 2 unspecified atom stereocenters. The number of allylic oxidation sites excluding steroid dienone is 1. The van der Waals surface area contributed by atoms with Crippen LogP contribution in [0.15, 0.2) is 11.6 Å². The Morgan fingerprint density at radius 2 is 1.89 bits per heavy atom. The van der Waals surface area contributed by atoms with Crippen molar-refractivity contribution in [3.8, 4) is 0 Å². The lowest BCUT2D eigenvalue weighted by molar-refractivity contribution is -0.138. The van der Waals surface area contributed by atoms with Crippen LogP contribution in [0.1, 0.15) is 85.5 Å². The Balaban J connectivity index is 1.15. The third-order valence-electron chi connectivity index (χ3n) is 9.63. The maximum atomic E-state index is 12.7. The Morgan fingerprint density at radius 3 is 2.57 bits per heavy atom. The van der Waals surface area contributed by atoms with E-state index >= 15 is 0 Å². The van der Waals surface area contributed by atoms with Gasteiger partial charge >= 0.3 is 6.09 Å². The molecule has 4 amide bonds. The van der Waals surface area contributed by atoms with Gasteiger partial charge in [-0.3, -0.25) is 24.5 Å². The molecule has 0 aromatic rings. The fraction of sp³-hybridized carbons (Fsp3) is 0.788. The molecule has 3 heterocycles. The second kappa shape index (κ2) is 16.1. The van der Waals surface area contributed by atoms with Crippen LogP contribution in [0.4, 0.5) is 4.79 Å². The van der Waals surface area contributed by atoms with Gasteiger partial charge in [0.1, 0.15) is 35.2 Å². The summed E-state index contributed by atoms with van der Waals surface area (Å²) in [5.74, 6) is -0.302. The highest BCUT2D eigenvalue weighted by Gasteiger charge is 2.72. The van der Waals surface area contributed by atoms with Crippen molar-refractivity contribution in [2.24, 2.45) is 5.92 Å². The minimum atomic E-state index is -0.814. The van der Waals surface area contributed by atoms with Gasteiger partial charge in [0.2, 0.25) is 17.7 Å². The van der Waals surface area contributed by atoms with Gasteiger partial charge < -0.3 is 29.2 Å². The van der Waals surface area contributed by atoms with E-state index in [0.29, 0.717) is 64.0 Å². The van der Waals surface area contributed by atoms with E-state index in [-0.39, 0.29) is 47.4 Å². The summed E-state index contributed by atoms with van der Waals surface area (Å²) in [5.41, 5.74) is 0.436. The monoisotopic (exact) mass is 665 g/mol. The van der Waals surface area contributed by atoms with Gasteiger partial charge in [0.25, 0.3) is 0 Å². The van der Waals surface area contributed by atoms with E-state index in [9.17, 15) is 24.0 Å². The number of carbonyl (C=O) groups excluding carboxylic acids is 5. The first-order valence-corrected chi connectivity index (χ1v) is 17.7. The van der Waals surface area contributed by atoms with Crippen molar-refractivity contribution >= 4 is 41.4 Å². The lowest BCUT2D eigenvalue weighted by atomic mass is 9.68. The topological polar surface area (TPSA) is 156 Å². The molecule has 0 aromatic carbocycles. The maximum absolute atomic E-state index is 12.7. The van der Waals surface area contributed by atoms with Gasteiger partial charge in [0, 0.05) is 45.2 Å². The van der Waals surface area contributed by atoms with Gasteiger partial charge in [-0.25, -0.2) is 4.79 Å². The predicted molar refractivity (Wildman–Crippen MR) is 172 cm³/mol. The number of thioether (sulfide) groups is 1. The number of imide groups is 1. The van der Waals surface area contributed by atoms with Crippen molar-refractivity contribution in [1.82, 2.24) is 15.5 Å². The standard InChI is InChI=1S/C33H51N3O9S/c1-6-22(37)9-7-11-27(39)36-17-8-10-23(36)30(40)34-16-18-46-19-26(38)35-31(41)44-24-14-15-33(20-43-33)29(28(24)42-5)32(4)25(45-32)13-12-21(2)3/h12,23-25,28-29H,6-11,13-20H2,1-5H3,(H,34,40)(H,35,38,41)/t23?,24-,25-,28-,29-,32?,33+/m1/s1. The van der Waals surface area contributed by atoms with Crippen LogP contribution in [0.3, 0.4) is 0 Å². The van der Waals surface area contributed by atoms with E-state index in [0.717, 1.165) is 12.8 Å². The average Bonchev–Trinajstić information content (AvgIpc) is 3.86. The second-order valence-corrected chi connectivity index (χ2v) is 14.3. The smallest absolute Gasteiger partial charge is 0.414 e. The number of nitrogens with zero attached hydrogens (tertiary/aromatic N) is 1. The average molecular weight is 666 g/mol. The fourth-order valence-corrected chi connectivity index (χ4v) is 7.66. The van der Waals surface area contributed by atoms with Crippen molar-refractivity contribution in [3.63, 3.8) is 0 Å². The zero-order valence-electron chi connectivity index (χ0n) is 27.9. The number of hydrogen-bond donors (Lipinski definition) is 2. The van der Waals surface area contributed by atoms with Crippen molar-refractivity contribution < 1.29 is 42.9 Å². The summed E-state index contributed by atoms with van der Waals surface area (Å²) >= 11 is 1.28. The minimum Gasteiger partial charge on any atom is -0.443 e. The first kappa shape index (κ1) is 36.4. The third kappa shape index (κ3) is 9.11. The number of rotatable bonds is 16. The minimum absolute atomic E-state index is 0.0192. The number of ketones is 1. The zero-order chi connectivity index (χ0) is 33.5. The van der Waals surface area contributed by atoms with Gasteiger partial charge in [-0.2, -0.15) is 11.8 Å². The lowest BCUT2D eigenvalue weighted by Gasteiger charge is -2.42. The maximum Gasteiger partial charge on any atom is 0.414 e. The molecule has 0 bridgehead atoms. The van der Waals surface area contributed by atoms with E-state index in [1.165, 1.54) is 17.3 Å². The number of hydrogen-bond acceptors (Lipinski definition) is 10. The van der Waals surface area contributed by atoms with Crippen LogP contribution in [0.25, 0.3) is 0 Å². The molecule has 1 saturated carbocycles. The van der Waals surface area contributed by atoms with Crippen LogP contribution < -0.4 is 10.6 Å². The van der Waals surface area contributed by atoms with Crippen molar-refractivity contribution in [2.45, 2.75) is 121 Å². The summed E-state index contributed by atoms with van der Waals surface area (Å²) in [4.78, 5) is 63.7. The number of ether oxygens (including phenoxy) is 4. The van der Waals surface area contributed by atoms with Crippen LogP contribution in [0.5, 0.6) is 0 Å². The molecule has 1 spiro atoms. The third-order valence-corrected chi connectivity index (χ3v) is 10.6. The number of alkyl carbamates (subject to hydrolysis) is 1. The fourth-order valence-electron chi connectivity index (χ4n) is 7.01. The largest absolute Gasteiger partial charge is 0.443 e. The number of nitrogens with one attached hydrogen (secondary N) is 2. The van der Waals surface area contributed by atoms with Crippen molar-refractivity contribution in [2.75, 3.05) is 38.3 Å². The number of likely N-dealkylation sites (tertiary alicyclic amines) is 1. The first-order chi connectivity index (χ1) is 21.9. The van der Waals surface area contributed by atoms with E-state index in [4.69, 9.17) is 18.9 Å². The highest BCUT2D eigenvalue weighted by molar-refractivity contribution is 7.99. The lowest BCUT2D eigenvalue weighted by Crippen LogP contribution is -2.56. The molecule has 1 aliphatic carbocycles. The number of carbonyl (C=O) groups is 5. The molecular weight excluding hydrogens is 614 g/mol. The van der Waals surface area contributed by atoms with E-state index in [1.807, 2.05) is 0 Å². The number of amides is 4. The summed E-state index contributed by atoms with van der Waals surface area (Å²) in [6.45, 7) is 9.48. The van der Waals surface area contributed by atoms with E-state index in [2.05, 4.69) is 37.5 Å². The predicted octanol–water partition coefficient (Wildman–Crippen LogP) is 3.31. The van der Waals surface area contributed by atoms with Gasteiger partial charge in [0.05, 0.1) is 24.4 Å². The quantitative estimate of drug-likeness (QED) is 0.143. The van der Waals surface area contributed by atoms with Crippen LogP contribution in [-0.2, 0) is 38.1 Å². The van der Waals surface area contributed by atoms with Crippen LogP contribution >= 0.6 is 11.8 Å². The summed E-state index contributed by atoms with van der Waals surface area (Å²) in [6, 6.07) is -0.508. The molecule has 0 aromatic heterocycles. The molecule has 3 saturated heterocycles. The highest BCUT2D eigenvalue weighted by Crippen LogP contribution is 2.59. The van der Waals surface area contributed by atoms with Gasteiger partial charge in [0.15, 0.2) is 0 Å². The van der Waals surface area contributed by atoms with Crippen LogP contribution in [0.2, 0.25) is 0 Å². The van der Waals surface area contributed by atoms with E-state index < -0.39 is 35.9 Å².